The highest BCUT2D eigenvalue weighted by Gasteiger charge is 2.45. The third-order valence-corrected chi connectivity index (χ3v) is 4.86. The van der Waals surface area contributed by atoms with Crippen molar-refractivity contribution in [2.45, 2.75) is 24.4 Å². The van der Waals surface area contributed by atoms with Gasteiger partial charge in [-0.3, -0.25) is 4.90 Å². The molecular weight excluding hydrogens is 260 g/mol. The number of benzene rings is 1. The molecule has 1 heterocycles. The smallest absolute Gasteiger partial charge is 0.119 e. The molecule has 4 heteroatoms. The molecule has 2 N–H and O–H groups in total. The van der Waals surface area contributed by atoms with Gasteiger partial charge in [0.05, 0.1) is 6.07 Å². The van der Waals surface area contributed by atoms with Crippen molar-refractivity contribution in [2.24, 2.45) is 11.7 Å². The Kier molecular flexibility index (Phi) is 3.99. The van der Waals surface area contributed by atoms with Crippen LogP contribution in [0.5, 0.6) is 0 Å². The predicted molar refractivity (Wildman–Crippen MR) is 83.5 cm³/mol. The Morgan fingerprint density at radius 2 is 2.00 bits per heavy atom. The van der Waals surface area contributed by atoms with Crippen molar-refractivity contribution in [3.05, 3.63) is 35.9 Å². The number of nitrogens with zero attached hydrogens (tertiary/aromatic N) is 3. The molecule has 3 rings (SSSR count). The lowest BCUT2D eigenvalue weighted by molar-refractivity contribution is 0.0733. The number of hydrogen-bond donors (Lipinski definition) is 1. The summed E-state index contributed by atoms with van der Waals surface area (Å²) in [6.45, 7) is 3.69. The predicted octanol–water partition coefficient (Wildman–Crippen LogP) is 1.61. The Balaban J connectivity index is 1.80. The van der Waals surface area contributed by atoms with Crippen molar-refractivity contribution in [3.63, 3.8) is 0 Å². The lowest BCUT2D eigenvalue weighted by atomic mass is 9.93. The zero-order chi connectivity index (χ0) is 14.9. The lowest BCUT2D eigenvalue weighted by Crippen LogP contribution is -2.56. The maximum absolute atomic E-state index is 9.52. The third kappa shape index (κ3) is 3.11. The second kappa shape index (κ2) is 5.76. The van der Waals surface area contributed by atoms with Crippen LogP contribution in [0.4, 0.5) is 0 Å². The van der Waals surface area contributed by atoms with Gasteiger partial charge in [-0.2, -0.15) is 5.26 Å². The number of rotatable bonds is 4. The standard InChI is InChI=1S/C17H24N4/c1-20-9-10-21(13-17(19,12-18)15-7-8-15)16(11-20)14-5-3-2-4-6-14/h2-6,15-16H,7-11,13,19H2,1H3. The van der Waals surface area contributed by atoms with Gasteiger partial charge < -0.3 is 10.6 Å². The zero-order valence-electron chi connectivity index (χ0n) is 12.7. The number of piperazine rings is 1. The van der Waals surface area contributed by atoms with Gasteiger partial charge in [0.15, 0.2) is 0 Å². The number of likely N-dealkylation sites (N-methyl/N-ethyl adjacent to an activating group) is 1. The maximum Gasteiger partial charge on any atom is 0.119 e. The van der Waals surface area contributed by atoms with Crippen LogP contribution in [-0.4, -0.2) is 48.6 Å². The topological polar surface area (TPSA) is 56.3 Å². The summed E-state index contributed by atoms with van der Waals surface area (Å²) in [6.07, 6.45) is 2.21. The molecule has 21 heavy (non-hydrogen) atoms. The average molecular weight is 284 g/mol. The molecule has 1 aromatic rings. The van der Waals surface area contributed by atoms with Gasteiger partial charge in [-0.05, 0) is 31.4 Å². The molecular formula is C17H24N4. The van der Waals surface area contributed by atoms with Gasteiger partial charge in [0.1, 0.15) is 5.54 Å². The molecule has 1 saturated carbocycles. The van der Waals surface area contributed by atoms with Gasteiger partial charge >= 0.3 is 0 Å². The molecule has 2 unspecified atom stereocenters. The van der Waals surface area contributed by atoms with Crippen LogP contribution in [0.2, 0.25) is 0 Å². The first-order chi connectivity index (χ1) is 10.1. The van der Waals surface area contributed by atoms with Gasteiger partial charge in [-0.1, -0.05) is 30.3 Å². The Bertz CT molecular complexity index is 519. The van der Waals surface area contributed by atoms with Gasteiger partial charge in [-0.25, -0.2) is 0 Å². The Morgan fingerprint density at radius 3 is 2.62 bits per heavy atom. The number of nitrogens with two attached hydrogens (primary N) is 1. The first-order valence-corrected chi connectivity index (χ1v) is 7.80. The normalized spacial score (nSPS) is 27.0. The summed E-state index contributed by atoms with van der Waals surface area (Å²) in [5.41, 5.74) is 7.03. The van der Waals surface area contributed by atoms with Crippen LogP contribution in [-0.2, 0) is 0 Å². The van der Waals surface area contributed by atoms with Crippen LogP contribution < -0.4 is 5.73 Å². The van der Waals surface area contributed by atoms with Crippen molar-refractivity contribution in [2.75, 3.05) is 33.2 Å². The van der Waals surface area contributed by atoms with Gasteiger partial charge in [0.2, 0.25) is 0 Å². The van der Waals surface area contributed by atoms with Crippen molar-refractivity contribution in [3.8, 4) is 6.07 Å². The first-order valence-electron chi connectivity index (χ1n) is 7.80. The number of hydrogen-bond acceptors (Lipinski definition) is 4. The van der Waals surface area contributed by atoms with Crippen LogP contribution in [0.3, 0.4) is 0 Å². The summed E-state index contributed by atoms with van der Waals surface area (Å²) in [6, 6.07) is 13.3. The summed E-state index contributed by atoms with van der Waals surface area (Å²) in [4.78, 5) is 4.77. The molecule has 1 aromatic carbocycles. The average Bonchev–Trinajstić information content (AvgIpc) is 3.35. The monoisotopic (exact) mass is 284 g/mol. The van der Waals surface area contributed by atoms with Crippen molar-refractivity contribution < 1.29 is 0 Å². The Hall–Kier alpha value is -1.41. The summed E-state index contributed by atoms with van der Waals surface area (Å²) >= 11 is 0. The highest BCUT2D eigenvalue weighted by atomic mass is 15.3. The van der Waals surface area contributed by atoms with Crippen LogP contribution >= 0.6 is 0 Å². The van der Waals surface area contributed by atoms with Crippen LogP contribution in [0.1, 0.15) is 24.4 Å². The second-order valence-corrected chi connectivity index (χ2v) is 6.59. The summed E-state index contributed by atoms with van der Waals surface area (Å²) in [5, 5.41) is 9.52. The molecule has 0 bridgehead atoms. The Labute approximate surface area is 127 Å². The van der Waals surface area contributed by atoms with Crippen LogP contribution in [0.15, 0.2) is 30.3 Å². The Morgan fingerprint density at radius 1 is 1.29 bits per heavy atom. The van der Waals surface area contributed by atoms with E-state index in [0.717, 1.165) is 32.5 Å². The van der Waals surface area contributed by atoms with Gasteiger partial charge in [0.25, 0.3) is 0 Å². The molecule has 4 nitrogen and oxygen atoms in total. The SMILES string of the molecule is CN1CCN(CC(N)(C#N)C2CC2)C(c2ccccc2)C1. The van der Waals surface area contributed by atoms with E-state index in [4.69, 9.17) is 5.73 Å². The van der Waals surface area contributed by atoms with E-state index in [1.807, 2.05) is 6.07 Å². The molecule has 0 aromatic heterocycles. The van der Waals surface area contributed by atoms with Gasteiger partial charge in [0, 0.05) is 32.2 Å². The highest BCUT2D eigenvalue weighted by molar-refractivity contribution is 5.22. The molecule has 0 amide bonds. The fourth-order valence-electron chi connectivity index (χ4n) is 3.33. The molecule has 0 radical (unpaired) electrons. The van der Waals surface area contributed by atoms with E-state index in [1.165, 1.54) is 5.56 Å². The largest absolute Gasteiger partial charge is 0.312 e. The van der Waals surface area contributed by atoms with Crippen LogP contribution in [0.25, 0.3) is 0 Å². The summed E-state index contributed by atoms with van der Waals surface area (Å²) in [5.74, 6) is 0.388. The van der Waals surface area contributed by atoms with Crippen molar-refractivity contribution >= 4 is 0 Å². The molecule has 112 valence electrons. The lowest BCUT2D eigenvalue weighted by Gasteiger charge is -2.43. The van der Waals surface area contributed by atoms with E-state index in [2.05, 4.69) is 47.2 Å². The van der Waals surface area contributed by atoms with Crippen molar-refractivity contribution in [1.82, 2.24) is 9.80 Å². The van der Waals surface area contributed by atoms with E-state index in [1.54, 1.807) is 0 Å². The minimum Gasteiger partial charge on any atom is -0.312 e. The van der Waals surface area contributed by atoms with Gasteiger partial charge in [-0.15, -0.1) is 0 Å². The molecule has 0 spiro atoms. The summed E-state index contributed by atoms with van der Waals surface area (Å²) in [7, 11) is 2.16. The van der Waals surface area contributed by atoms with Crippen molar-refractivity contribution in [1.29, 1.82) is 5.26 Å². The highest BCUT2D eigenvalue weighted by Crippen LogP contribution is 2.39. The molecule has 2 aliphatic rings. The van der Waals surface area contributed by atoms with E-state index >= 15 is 0 Å². The van der Waals surface area contributed by atoms with E-state index in [0.29, 0.717) is 18.5 Å². The fourth-order valence-corrected chi connectivity index (χ4v) is 3.33. The molecule has 1 saturated heterocycles. The minimum absolute atomic E-state index is 0.333. The van der Waals surface area contributed by atoms with Crippen LogP contribution in [0, 0.1) is 17.2 Å². The fraction of sp³-hybridized carbons (Fsp3) is 0.588. The quantitative estimate of drug-likeness (QED) is 0.912. The molecule has 2 atom stereocenters. The molecule has 2 fully saturated rings. The zero-order valence-corrected chi connectivity index (χ0v) is 12.7. The maximum atomic E-state index is 9.52. The summed E-state index contributed by atoms with van der Waals surface area (Å²) < 4.78 is 0. The van der Waals surface area contributed by atoms with E-state index in [-0.39, 0.29) is 0 Å². The minimum atomic E-state index is -0.678. The third-order valence-electron chi connectivity index (χ3n) is 4.86. The van der Waals surface area contributed by atoms with E-state index in [9.17, 15) is 5.26 Å². The second-order valence-electron chi connectivity index (χ2n) is 6.59. The molecule has 1 aliphatic heterocycles. The van der Waals surface area contributed by atoms with E-state index < -0.39 is 5.54 Å². The number of nitriles is 1. The first kappa shape index (κ1) is 14.5. The molecule has 1 aliphatic carbocycles.